The molecule has 0 unspecified atom stereocenters. The van der Waals surface area contributed by atoms with Gasteiger partial charge in [0.15, 0.2) is 12.4 Å². The summed E-state index contributed by atoms with van der Waals surface area (Å²) >= 11 is 5.83. The lowest BCUT2D eigenvalue weighted by molar-refractivity contribution is 0.0457. The van der Waals surface area contributed by atoms with Gasteiger partial charge in [-0.15, -0.1) is 0 Å². The van der Waals surface area contributed by atoms with Crippen LogP contribution in [0.1, 0.15) is 16.2 Å². The van der Waals surface area contributed by atoms with Crippen LogP contribution in [0.4, 0.5) is 22.0 Å². The molecule has 0 radical (unpaired) electrons. The number of esters is 1. The Morgan fingerprint density at radius 3 is 2.62 bits per heavy atom. The Labute approximate surface area is 153 Å². The molecular formula is C17H13ClFN5O2. The monoisotopic (exact) mass is 373 g/mol. The summed E-state index contributed by atoms with van der Waals surface area (Å²) in [7, 11) is 0. The largest absolute Gasteiger partial charge is 0.454 e. The molecule has 3 rings (SSSR count). The van der Waals surface area contributed by atoms with Crippen LogP contribution in [0.5, 0.6) is 0 Å². The van der Waals surface area contributed by atoms with E-state index in [1.54, 1.807) is 0 Å². The van der Waals surface area contributed by atoms with Gasteiger partial charge >= 0.3 is 5.97 Å². The Bertz CT molecular complexity index is 919. The van der Waals surface area contributed by atoms with Crippen LogP contribution < -0.4 is 11.1 Å². The number of halogens is 2. The van der Waals surface area contributed by atoms with E-state index in [-0.39, 0.29) is 34.9 Å². The van der Waals surface area contributed by atoms with Crippen molar-refractivity contribution in [3.05, 3.63) is 70.8 Å². The molecule has 0 atom stereocenters. The molecule has 0 bridgehead atoms. The zero-order chi connectivity index (χ0) is 18.5. The molecule has 0 amide bonds. The van der Waals surface area contributed by atoms with Gasteiger partial charge in [0.1, 0.15) is 11.4 Å². The number of nitrogen functional groups attached to an aromatic ring is 1. The quantitative estimate of drug-likeness (QED) is 0.661. The van der Waals surface area contributed by atoms with Crippen molar-refractivity contribution in [2.45, 2.75) is 6.61 Å². The van der Waals surface area contributed by atoms with Gasteiger partial charge in [0.05, 0.1) is 5.02 Å². The number of benzene rings is 2. The van der Waals surface area contributed by atoms with Gasteiger partial charge in [-0.2, -0.15) is 15.0 Å². The molecule has 0 saturated heterocycles. The molecule has 1 heterocycles. The minimum atomic E-state index is -0.926. The molecule has 132 valence electrons. The topological polar surface area (TPSA) is 103 Å². The third-order valence-corrected chi connectivity index (χ3v) is 3.54. The van der Waals surface area contributed by atoms with Crippen LogP contribution in [-0.4, -0.2) is 20.9 Å². The molecule has 0 saturated carbocycles. The molecule has 0 fully saturated rings. The summed E-state index contributed by atoms with van der Waals surface area (Å²) in [5, 5.41) is 2.91. The summed E-state index contributed by atoms with van der Waals surface area (Å²) in [6, 6.07) is 13.1. The molecule has 2 aromatic carbocycles. The van der Waals surface area contributed by atoms with E-state index in [0.29, 0.717) is 0 Å². The molecule has 0 aliphatic heterocycles. The highest BCUT2D eigenvalue weighted by atomic mass is 35.5. The van der Waals surface area contributed by atoms with E-state index in [4.69, 9.17) is 22.1 Å². The number of para-hydroxylation sites is 1. The van der Waals surface area contributed by atoms with Gasteiger partial charge in [0.2, 0.25) is 11.9 Å². The number of hydrogen-bond acceptors (Lipinski definition) is 7. The molecule has 0 spiro atoms. The normalized spacial score (nSPS) is 10.4. The highest BCUT2D eigenvalue weighted by Gasteiger charge is 2.18. The minimum Gasteiger partial charge on any atom is -0.454 e. The number of nitrogens with two attached hydrogens (primary N) is 1. The van der Waals surface area contributed by atoms with E-state index >= 15 is 0 Å². The summed E-state index contributed by atoms with van der Waals surface area (Å²) in [6.45, 7) is -0.320. The summed E-state index contributed by atoms with van der Waals surface area (Å²) < 4.78 is 18.8. The lowest BCUT2D eigenvalue weighted by atomic mass is 10.2. The summed E-state index contributed by atoms with van der Waals surface area (Å²) in [5.74, 6) is -1.45. The van der Waals surface area contributed by atoms with E-state index in [9.17, 15) is 9.18 Å². The lowest BCUT2D eigenvalue weighted by Crippen LogP contribution is -2.12. The number of aromatic nitrogens is 3. The van der Waals surface area contributed by atoms with Crippen LogP contribution in [-0.2, 0) is 11.3 Å². The highest BCUT2D eigenvalue weighted by Crippen LogP contribution is 2.20. The van der Waals surface area contributed by atoms with Crippen molar-refractivity contribution >= 4 is 35.2 Å². The van der Waals surface area contributed by atoms with E-state index in [1.165, 1.54) is 12.1 Å². The van der Waals surface area contributed by atoms with Crippen LogP contribution in [0.3, 0.4) is 0 Å². The molecule has 7 nitrogen and oxygen atoms in total. The SMILES string of the molecule is Nc1nc(COC(=O)c2c(F)cccc2Cl)nc(Nc2ccccc2)n1. The zero-order valence-electron chi connectivity index (χ0n) is 13.3. The second-order valence-electron chi connectivity index (χ2n) is 5.10. The smallest absolute Gasteiger partial charge is 0.343 e. The standard InChI is InChI=1S/C17H13ClFN5O2/c18-11-7-4-8-12(19)14(11)15(25)26-9-13-22-16(20)24-17(23-13)21-10-5-2-1-3-6-10/h1-8H,9H2,(H3,20,21,22,23,24). The number of carbonyl (C=O) groups excluding carboxylic acids is 1. The first-order valence-corrected chi connectivity index (χ1v) is 7.84. The van der Waals surface area contributed by atoms with Crippen molar-refractivity contribution in [3.63, 3.8) is 0 Å². The fourth-order valence-electron chi connectivity index (χ4n) is 2.10. The molecule has 26 heavy (non-hydrogen) atoms. The second-order valence-corrected chi connectivity index (χ2v) is 5.50. The zero-order valence-corrected chi connectivity index (χ0v) is 14.1. The Kier molecular flexibility index (Phi) is 5.23. The number of rotatable bonds is 5. The Balaban J connectivity index is 1.73. The van der Waals surface area contributed by atoms with Gasteiger partial charge in [-0.3, -0.25) is 0 Å². The van der Waals surface area contributed by atoms with Crippen molar-refractivity contribution in [1.29, 1.82) is 0 Å². The van der Waals surface area contributed by atoms with Crippen molar-refractivity contribution in [2.24, 2.45) is 0 Å². The maximum absolute atomic E-state index is 13.7. The predicted octanol–water partition coefficient (Wildman–Crippen LogP) is 3.35. The molecule has 3 N–H and O–H groups in total. The number of hydrogen-bond donors (Lipinski definition) is 2. The minimum absolute atomic E-state index is 0.0448. The first kappa shape index (κ1) is 17.6. The van der Waals surface area contributed by atoms with Crippen LogP contribution in [0.25, 0.3) is 0 Å². The third-order valence-electron chi connectivity index (χ3n) is 3.23. The molecule has 1 aromatic heterocycles. The van der Waals surface area contributed by atoms with Gasteiger partial charge in [-0.05, 0) is 24.3 Å². The molecule has 0 aliphatic carbocycles. The van der Waals surface area contributed by atoms with Gasteiger partial charge in [-0.1, -0.05) is 35.9 Å². The summed E-state index contributed by atoms with van der Waals surface area (Å²) in [5.41, 5.74) is 6.06. The third kappa shape index (κ3) is 4.22. The lowest BCUT2D eigenvalue weighted by Gasteiger charge is -2.09. The van der Waals surface area contributed by atoms with Crippen LogP contribution >= 0.6 is 11.6 Å². The predicted molar refractivity (Wildman–Crippen MR) is 94.5 cm³/mol. The fraction of sp³-hybridized carbons (Fsp3) is 0.0588. The average Bonchev–Trinajstić information content (AvgIpc) is 2.60. The Hall–Kier alpha value is -3.26. The maximum Gasteiger partial charge on any atom is 0.343 e. The average molecular weight is 374 g/mol. The Morgan fingerprint density at radius 1 is 1.12 bits per heavy atom. The van der Waals surface area contributed by atoms with Crippen molar-refractivity contribution in [2.75, 3.05) is 11.1 Å². The van der Waals surface area contributed by atoms with Crippen molar-refractivity contribution in [1.82, 2.24) is 15.0 Å². The van der Waals surface area contributed by atoms with E-state index < -0.39 is 11.8 Å². The van der Waals surface area contributed by atoms with Crippen LogP contribution in [0, 0.1) is 5.82 Å². The first-order valence-electron chi connectivity index (χ1n) is 7.46. The summed E-state index contributed by atoms with van der Waals surface area (Å²) in [4.78, 5) is 24.0. The number of carbonyl (C=O) groups is 1. The van der Waals surface area contributed by atoms with Gasteiger partial charge < -0.3 is 15.8 Å². The molecule has 3 aromatic rings. The number of nitrogens with zero attached hydrogens (tertiary/aromatic N) is 3. The van der Waals surface area contributed by atoms with Crippen LogP contribution in [0.2, 0.25) is 5.02 Å². The second kappa shape index (κ2) is 7.75. The van der Waals surface area contributed by atoms with Crippen LogP contribution in [0.15, 0.2) is 48.5 Å². The molecule has 0 aliphatic rings. The van der Waals surface area contributed by atoms with Gasteiger partial charge in [0.25, 0.3) is 0 Å². The number of ether oxygens (including phenoxy) is 1. The number of anilines is 3. The first-order chi connectivity index (χ1) is 12.5. The van der Waals surface area contributed by atoms with Gasteiger partial charge in [0, 0.05) is 5.69 Å². The summed E-state index contributed by atoms with van der Waals surface area (Å²) in [6.07, 6.45) is 0. The number of nitrogens with one attached hydrogen (secondary N) is 1. The fourth-order valence-corrected chi connectivity index (χ4v) is 2.34. The van der Waals surface area contributed by atoms with Crippen molar-refractivity contribution < 1.29 is 13.9 Å². The highest BCUT2D eigenvalue weighted by molar-refractivity contribution is 6.33. The maximum atomic E-state index is 13.7. The molecular weight excluding hydrogens is 361 g/mol. The Morgan fingerprint density at radius 2 is 1.88 bits per heavy atom. The van der Waals surface area contributed by atoms with Crippen molar-refractivity contribution in [3.8, 4) is 0 Å². The van der Waals surface area contributed by atoms with E-state index in [1.807, 2.05) is 30.3 Å². The van der Waals surface area contributed by atoms with E-state index in [2.05, 4.69) is 20.3 Å². The molecule has 9 heteroatoms. The van der Waals surface area contributed by atoms with Gasteiger partial charge in [-0.25, -0.2) is 9.18 Å². The van der Waals surface area contributed by atoms with E-state index in [0.717, 1.165) is 11.8 Å².